The van der Waals surface area contributed by atoms with Gasteiger partial charge >= 0.3 is 5.97 Å². The lowest BCUT2D eigenvalue weighted by Crippen LogP contribution is -2.43. The average Bonchev–Trinajstić information content (AvgIpc) is 2.84. The molecule has 0 unspecified atom stereocenters. The molecule has 4 heteroatoms. The van der Waals surface area contributed by atoms with Crippen molar-refractivity contribution in [3.8, 4) is 0 Å². The Bertz CT molecular complexity index is 668. The van der Waals surface area contributed by atoms with Gasteiger partial charge in [0.15, 0.2) is 0 Å². The molecule has 2 aliphatic heterocycles. The number of fused-ring (bicyclic) bond motifs is 2. The van der Waals surface area contributed by atoms with Crippen LogP contribution in [0.3, 0.4) is 0 Å². The molecule has 2 atom stereocenters. The highest BCUT2D eigenvalue weighted by atomic mass is 35.5. The first-order valence-electron chi connectivity index (χ1n) is 9.24. The third-order valence-corrected chi connectivity index (χ3v) is 5.84. The summed E-state index contributed by atoms with van der Waals surface area (Å²) in [7, 11) is 2.21. The zero-order valence-electron chi connectivity index (χ0n) is 15.1. The van der Waals surface area contributed by atoms with Gasteiger partial charge in [-0.15, -0.1) is 12.4 Å². The normalized spacial score (nSPS) is 24.9. The molecule has 3 nitrogen and oxygen atoms in total. The molecule has 2 aromatic carbocycles. The molecule has 2 saturated heterocycles. The topological polar surface area (TPSA) is 29.5 Å². The fourth-order valence-electron chi connectivity index (χ4n) is 4.45. The highest BCUT2D eigenvalue weighted by Gasteiger charge is 2.40. The Morgan fingerprint density at radius 3 is 1.85 bits per heavy atom. The first kappa shape index (κ1) is 18.9. The Balaban J connectivity index is 0.00000196. The van der Waals surface area contributed by atoms with E-state index < -0.39 is 0 Å². The molecule has 0 spiro atoms. The Labute approximate surface area is 161 Å². The Morgan fingerprint density at radius 2 is 1.38 bits per heavy atom. The maximum Gasteiger partial charge on any atom is 0.318 e. The minimum atomic E-state index is -0.347. The fourth-order valence-corrected chi connectivity index (χ4v) is 4.45. The van der Waals surface area contributed by atoms with Crippen LogP contribution < -0.4 is 0 Å². The number of ether oxygens (including phenoxy) is 1. The molecule has 138 valence electrons. The van der Waals surface area contributed by atoms with Crippen LogP contribution in [0, 0.1) is 0 Å². The summed E-state index contributed by atoms with van der Waals surface area (Å²) in [4.78, 5) is 15.6. The summed E-state index contributed by atoms with van der Waals surface area (Å²) in [5.74, 6) is -0.467. The maximum absolute atomic E-state index is 13.1. The molecule has 2 aliphatic rings. The summed E-state index contributed by atoms with van der Waals surface area (Å²) in [6.07, 6.45) is 4.45. The van der Waals surface area contributed by atoms with Crippen LogP contribution in [0.5, 0.6) is 0 Å². The van der Waals surface area contributed by atoms with E-state index in [1.807, 2.05) is 60.7 Å². The zero-order valence-corrected chi connectivity index (χ0v) is 15.9. The van der Waals surface area contributed by atoms with Gasteiger partial charge in [0.1, 0.15) is 12.0 Å². The molecule has 2 heterocycles. The summed E-state index contributed by atoms with van der Waals surface area (Å²) in [5.41, 5.74) is 1.99. The minimum absolute atomic E-state index is 0. The molecule has 2 bridgehead atoms. The van der Waals surface area contributed by atoms with Crippen molar-refractivity contribution < 1.29 is 9.53 Å². The zero-order chi connectivity index (χ0) is 17.2. The molecule has 0 amide bonds. The van der Waals surface area contributed by atoms with E-state index in [1.165, 1.54) is 12.8 Å². The van der Waals surface area contributed by atoms with E-state index in [4.69, 9.17) is 4.74 Å². The van der Waals surface area contributed by atoms with Gasteiger partial charge in [0.2, 0.25) is 0 Å². The standard InChI is InChI=1S/C22H25NO2.ClH/c1-23-18-12-13-19(23)15-20(14-18)25-22(24)21(16-8-4-2-5-9-16)17-10-6-3-7-11-17;/h2-11,18-21H,12-15H2,1H3;1H/t18-,19-;/m1./s1. The van der Waals surface area contributed by atoms with Crippen molar-refractivity contribution >= 4 is 18.4 Å². The number of nitrogens with zero attached hydrogens (tertiary/aromatic N) is 1. The largest absolute Gasteiger partial charge is 0.462 e. The average molecular weight is 372 g/mol. The number of rotatable bonds is 4. The number of piperidine rings is 1. The van der Waals surface area contributed by atoms with Crippen LogP contribution >= 0.6 is 12.4 Å². The summed E-state index contributed by atoms with van der Waals surface area (Å²) in [6, 6.07) is 21.1. The van der Waals surface area contributed by atoms with Crippen LogP contribution in [0.4, 0.5) is 0 Å². The van der Waals surface area contributed by atoms with Gasteiger partial charge in [-0.05, 0) is 43.9 Å². The van der Waals surface area contributed by atoms with Crippen molar-refractivity contribution in [2.45, 2.75) is 49.8 Å². The molecule has 0 aromatic heterocycles. The summed E-state index contributed by atoms with van der Waals surface area (Å²) >= 11 is 0. The van der Waals surface area contributed by atoms with Gasteiger partial charge in [0, 0.05) is 12.1 Å². The van der Waals surface area contributed by atoms with E-state index in [9.17, 15) is 4.79 Å². The van der Waals surface area contributed by atoms with Crippen LogP contribution in [-0.2, 0) is 9.53 Å². The second kappa shape index (κ2) is 8.24. The van der Waals surface area contributed by atoms with Crippen molar-refractivity contribution in [2.24, 2.45) is 0 Å². The first-order valence-corrected chi connectivity index (χ1v) is 9.24. The molecule has 2 aromatic rings. The van der Waals surface area contributed by atoms with E-state index in [0.29, 0.717) is 12.1 Å². The third kappa shape index (κ3) is 3.79. The van der Waals surface area contributed by atoms with Crippen molar-refractivity contribution in [1.29, 1.82) is 0 Å². The molecular formula is C22H26ClNO2. The molecule has 0 aliphatic carbocycles. The maximum atomic E-state index is 13.1. The molecule has 0 saturated carbocycles. The quantitative estimate of drug-likeness (QED) is 0.745. The highest BCUT2D eigenvalue weighted by Crippen LogP contribution is 2.36. The van der Waals surface area contributed by atoms with Gasteiger partial charge in [-0.1, -0.05) is 60.7 Å². The Hall–Kier alpha value is -1.84. The first-order chi connectivity index (χ1) is 12.2. The molecule has 26 heavy (non-hydrogen) atoms. The summed E-state index contributed by atoms with van der Waals surface area (Å²) in [6.45, 7) is 0. The number of carbonyl (C=O) groups is 1. The number of esters is 1. The second-order valence-corrected chi connectivity index (χ2v) is 7.34. The van der Waals surface area contributed by atoms with E-state index >= 15 is 0 Å². The summed E-state index contributed by atoms with van der Waals surface area (Å²) < 4.78 is 6.03. The Kier molecular flexibility index (Phi) is 6.00. The lowest BCUT2D eigenvalue weighted by molar-refractivity contribution is -0.153. The monoisotopic (exact) mass is 371 g/mol. The SMILES string of the molecule is CN1[C@@H]2CC[C@@H]1CC(OC(=O)C(c1ccccc1)c1ccccc1)C2.Cl. The predicted octanol–water partition coefficient (Wildman–Crippen LogP) is 4.41. The van der Waals surface area contributed by atoms with E-state index in [0.717, 1.165) is 24.0 Å². The number of hydrogen-bond donors (Lipinski definition) is 0. The Morgan fingerprint density at radius 1 is 0.923 bits per heavy atom. The van der Waals surface area contributed by atoms with Crippen molar-refractivity contribution in [2.75, 3.05) is 7.05 Å². The molecule has 4 rings (SSSR count). The summed E-state index contributed by atoms with van der Waals surface area (Å²) in [5, 5.41) is 0. The molecular weight excluding hydrogens is 346 g/mol. The smallest absolute Gasteiger partial charge is 0.318 e. The van der Waals surface area contributed by atoms with Gasteiger partial charge in [-0.25, -0.2) is 0 Å². The fraction of sp³-hybridized carbons (Fsp3) is 0.409. The number of benzene rings is 2. The molecule has 2 fully saturated rings. The minimum Gasteiger partial charge on any atom is -0.462 e. The van der Waals surface area contributed by atoms with Crippen molar-refractivity contribution in [3.05, 3.63) is 71.8 Å². The van der Waals surface area contributed by atoms with Gasteiger partial charge in [0.25, 0.3) is 0 Å². The van der Waals surface area contributed by atoms with Gasteiger partial charge in [0.05, 0.1) is 0 Å². The highest BCUT2D eigenvalue weighted by molar-refractivity contribution is 5.85. The van der Waals surface area contributed by atoms with E-state index in [1.54, 1.807) is 0 Å². The van der Waals surface area contributed by atoms with Gasteiger partial charge in [-0.3, -0.25) is 4.79 Å². The number of carbonyl (C=O) groups excluding carboxylic acids is 1. The number of halogens is 1. The number of hydrogen-bond acceptors (Lipinski definition) is 3. The third-order valence-electron chi connectivity index (χ3n) is 5.84. The van der Waals surface area contributed by atoms with E-state index in [2.05, 4.69) is 11.9 Å². The van der Waals surface area contributed by atoms with Crippen LogP contribution in [0.2, 0.25) is 0 Å². The van der Waals surface area contributed by atoms with Gasteiger partial charge < -0.3 is 9.64 Å². The van der Waals surface area contributed by atoms with E-state index in [-0.39, 0.29) is 30.4 Å². The molecule has 0 N–H and O–H groups in total. The predicted molar refractivity (Wildman–Crippen MR) is 106 cm³/mol. The van der Waals surface area contributed by atoms with Crippen molar-refractivity contribution in [3.63, 3.8) is 0 Å². The second-order valence-electron chi connectivity index (χ2n) is 7.34. The van der Waals surface area contributed by atoms with Crippen molar-refractivity contribution in [1.82, 2.24) is 4.90 Å². The van der Waals surface area contributed by atoms with Crippen LogP contribution in [-0.4, -0.2) is 36.1 Å². The van der Waals surface area contributed by atoms with Gasteiger partial charge in [-0.2, -0.15) is 0 Å². The van der Waals surface area contributed by atoms with Crippen LogP contribution in [0.15, 0.2) is 60.7 Å². The lowest BCUT2D eigenvalue weighted by Gasteiger charge is -2.36. The lowest BCUT2D eigenvalue weighted by atomic mass is 9.91. The van der Waals surface area contributed by atoms with Crippen LogP contribution in [0.1, 0.15) is 42.7 Å². The molecule has 0 radical (unpaired) electrons. The van der Waals surface area contributed by atoms with Crippen LogP contribution in [0.25, 0.3) is 0 Å².